The minimum atomic E-state index is -0.958. The van der Waals surface area contributed by atoms with Gasteiger partial charge < -0.3 is 9.26 Å². The maximum Gasteiger partial charge on any atom is 0.305 e. The van der Waals surface area contributed by atoms with Crippen molar-refractivity contribution in [3.05, 3.63) is 45.8 Å². The highest BCUT2D eigenvalue weighted by Crippen LogP contribution is 2.23. The lowest BCUT2D eigenvalue weighted by molar-refractivity contribution is -0.387. The van der Waals surface area contributed by atoms with E-state index in [1.807, 2.05) is 13.8 Å². The summed E-state index contributed by atoms with van der Waals surface area (Å²) in [6, 6.07) is 3.29. The third kappa shape index (κ3) is 3.08. The molecule has 1 heterocycles. The van der Waals surface area contributed by atoms with Gasteiger partial charge in [0, 0.05) is 18.1 Å². The molecule has 0 atom stereocenters. The average molecular weight is 281 g/mol. The predicted octanol–water partition coefficient (Wildman–Crippen LogP) is 2.82. The number of nitro benzene ring substituents is 1. The van der Waals surface area contributed by atoms with Crippen molar-refractivity contribution in [2.75, 3.05) is 0 Å². The van der Waals surface area contributed by atoms with E-state index in [1.54, 1.807) is 0 Å². The zero-order chi connectivity index (χ0) is 14.7. The van der Waals surface area contributed by atoms with E-state index < -0.39 is 16.4 Å². The molecule has 20 heavy (non-hydrogen) atoms. The molecule has 2 aromatic rings. The molecule has 106 valence electrons. The fourth-order valence-electron chi connectivity index (χ4n) is 1.43. The number of hydrogen-bond acceptors (Lipinski definition) is 6. The van der Waals surface area contributed by atoms with Crippen LogP contribution in [-0.2, 0) is 6.61 Å². The summed E-state index contributed by atoms with van der Waals surface area (Å²) >= 11 is 0. The third-order valence-corrected chi connectivity index (χ3v) is 2.48. The van der Waals surface area contributed by atoms with E-state index >= 15 is 0 Å². The SMILES string of the molecule is CC(C)c1noc(COc2ccc([N+](=O)[O-])c(F)c2)n1. The first-order valence-corrected chi connectivity index (χ1v) is 5.86. The number of benzene rings is 1. The summed E-state index contributed by atoms with van der Waals surface area (Å²) < 4.78 is 23.6. The molecule has 0 spiro atoms. The van der Waals surface area contributed by atoms with Crippen LogP contribution in [0.2, 0.25) is 0 Å². The van der Waals surface area contributed by atoms with Crippen molar-refractivity contribution in [3.63, 3.8) is 0 Å². The maximum atomic E-state index is 13.4. The second kappa shape index (κ2) is 5.64. The average Bonchev–Trinajstić information content (AvgIpc) is 2.85. The number of ether oxygens (including phenoxy) is 1. The highest BCUT2D eigenvalue weighted by atomic mass is 19.1. The van der Waals surface area contributed by atoms with Gasteiger partial charge in [-0.3, -0.25) is 10.1 Å². The molecule has 0 radical (unpaired) electrons. The van der Waals surface area contributed by atoms with Crippen LogP contribution in [0.15, 0.2) is 22.7 Å². The fourth-order valence-corrected chi connectivity index (χ4v) is 1.43. The molecule has 0 N–H and O–H groups in total. The van der Waals surface area contributed by atoms with Crippen molar-refractivity contribution in [1.82, 2.24) is 10.1 Å². The van der Waals surface area contributed by atoms with Gasteiger partial charge in [0.1, 0.15) is 5.75 Å². The molecule has 1 aromatic heterocycles. The quantitative estimate of drug-likeness (QED) is 0.618. The highest BCUT2D eigenvalue weighted by Gasteiger charge is 2.15. The molecule has 0 saturated carbocycles. The van der Waals surface area contributed by atoms with Gasteiger partial charge in [0.2, 0.25) is 5.82 Å². The normalized spacial score (nSPS) is 10.8. The van der Waals surface area contributed by atoms with Crippen LogP contribution in [0, 0.1) is 15.9 Å². The summed E-state index contributed by atoms with van der Waals surface area (Å²) in [4.78, 5) is 13.8. The standard InChI is InChI=1S/C12H12FN3O4/c1-7(2)12-14-11(20-15-12)6-19-8-3-4-10(16(17)18)9(13)5-8/h3-5,7H,6H2,1-2H3. The molecular weight excluding hydrogens is 269 g/mol. The van der Waals surface area contributed by atoms with Crippen molar-refractivity contribution < 1.29 is 18.6 Å². The summed E-state index contributed by atoms with van der Waals surface area (Å²) in [5, 5.41) is 14.2. The van der Waals surface area contributed by atoms with E-state index in [9.17, 15) is 14.5 Å². The number of nitrogens with zero attached hydrogens (tertiary/aromatic N) is 3. The van der Waals surface area contributed by atoms with Crippen molar-refractivity contribution in [2.45, 2.75) is 26.4 Å². The van der Waals surface area contributed by atoms with Crippen molar-refractivity contribution in [3.8, 4) is 5.75 Å². The molecule has 0 aliphatic carbocycles. The van der Waals surface area contributed by atoms with Crippen LogP contribution in [0.25, 0.3) is 0 Å². The molecule has 0 unspecified atom stereocenters. The number of rotatable bonds is 5. The molecule has 8 heteroatoms. The van der Waals surface area contributed by atoms with Gasteiger partial charge in [0.25, 0.3) is 5.89 Å². The Labute approximate surface area is 113 Å². The smallest absolute Gasteiger partial charge is 0.305 e. The molecule has 7 nitrogen and oxygen atoms in total. The molecule has 1 aromatic carbocycles. The Kier molecular flexibility index (Phi) is 3.92. The first-order chi connectivity index (χ1) is 9.47. The molecule has 0 bridgehead atoms. The van der Waals surface area contributed by atoms with Gasteiger partial charge in [-0.25, -0.2) is 0 Å². The Morgan fingerprint density at radius 3 is 2.80 bits per heavy atom. The van der Waals surface area contributed by atoms with E-state index in [4.69, 9.17) is 9.26 Å². The Morgan fingerprint density at radius 1 is 1.50 bits per heavy atom. The van der Waals surface area contributed by atoms with Gasteiger partial charge >= 0.3 is 5.69 Å². The topological polar surface area (TPSA) is 91.3 Å². The van der Waals surface area contributed by atoms with Crippen LogP contribution in [0.3, 0.4) is 0 Å². The Balaban J connectivity index is 2.03. The van der Waals surface area contributed by atoms with Gasteiger partial charge in [-0.05, 0) is 6.07 Å². The van der Waals surface area contributed by atoms with Gasteiger partial charge in [-0.15, -0.1) is 0 Å². The molecule has 0 aliphatic rings. The van der Waals surface area contributed by atoms with Crippen LogP contribution in [0.4, 0.5) is 10.1 Å². The zero-order valence-electron chi connectivity index (χ0n) is 10.9. The van der Waals surface area contributed by atoms with Gasteiger partial charge in [-0.1, -0.05) is 19.0 Å². The van der Waals surface area contributed by atoms with Crippen LogP contribution >= 0.6 is 0 Å². The predicted molar refractivity (Wildman–Crippen MR) is 65.8 cm³/mol. The van der Waals surface area contributed by atoms with Gasteiger partial charge in [-0.2, -0.15) is 9.37 Å². The lowest BCUT2D eigenvalue weighted by Gasteiger charge is -2.03. The summed E-state index contributed by atoms with van der Waals surface area (Å²) in [5.74, 6) is 0.133. The highest BCUT2D eigenvalue weighted by molar-refractivity contribution is 5.37. The zero-order valence-corrected chi connectivity index (χ0v) is 10.9. The Bertz CT molecular complexity index is 627. The second-order valence-electron chi connectivity index (χ2n) is 4.36. The molecule has 2 rings (SSSR count). The van der Waals surface area contributed by atoms with E-state index in [0.29, 0.717) is 5.82 Å². The van der Waals surface area contributed by atoms with Crippen molar-refractivity contribution in [1.29, 1.82) is 0 Å². The molecule has 0 fully saturated rings. The lowest BCUT2D eigenvalue weighted by Crippen LogP contribution is -1.98. The summed E-state index contributed by atoms with van der Waals surface area (Å²) in [6.45, 7) is 3.80. The van der Waals surface area contributed by atoms with E-state index in [1.165, 1.54) is 6.07 Å². The second-order valence-corrected chi connectivity index (χ2v) is 4.36. The van der Waals surface area contributed by atoms with Gasteiger partial charge in [0.15, 0.2) is 12.4 Å². The van der Waals surface area contributed by atoms with E-state index in [2.05, 4.69) is 10.1 Å². The van der Waals surface area contributed by atoms with E-state index in [-0.39, 0.29) is 24.2 Å². The minimum Gasteiger partial charge on any atom is -0.484 e. The maximum absolute atomic E-state index is 13.4. The summed E-state index contributed by atoms with van der Waals surface area (Å²) in [5.41, 5.74) is -0.600. The molecule has 0 saturated heterocycles. The fraction of sp³-hybridized carbons (Fsp3) is 0.333. The van der Waals surface area contributed by atoms with Crippen LogP contribution in [-0.4, -0.2) is 15.1 Å². The number of aromatic nitrogens is 2. The first-order valence-electron chi connectivity index (χ1n) is 5.86. The van der Waals surface area contributed by atoms with Crippen LogP contribution in [0.5, 0.6) is 5.75 Å². The monoisotopic (exact) mass is 281 g/mol. The van der Waals surface area contributed by atoms with Crippen LogP contribution in [0.1, 0.15) is 31.5 Å². The number of nitro groups is 1. The largest absolute Gasteiger partial charge is 0.484 e. The Hall–Kier alpha value is -2.51. The molecule has 0 aliphatic heterocycles. The van der Waals surface area contributed by atoms with Crippen molar-refractivity contribution in [2.24, 2.45) is 0 Å². The minimum absolute atomic E-state index is 0.0308. The first kappa shape index (κ1) is 13.9. The van der Waals surface area contributed by atoms with Crippen molar-refractivity contribution >= 4 is 5.69 Å². The third-order valence-electron chi connectivity index (χ3n) is 2.48. The molecular formula is C12H12FN3O4. The summed E-state index contributed by atoms with van der Waals surface area (Å²) in [6.07, 6.45) is 0. The lowest BCUT2D eigenvalue weighted by atomic mass is 10.2. The number of halogens is 1. The number of hydrogen-bond donors (Lipinski definition) is 0. The van der Waals surface area contributed by atoms with Crippen LogP contribution < -0.4 is 4.74 Å². The van der Waals surface area contributed by atoms with Gasteiger partial charge in [0.05, 0.1) is 4.92 Å². The Morgan fingerprint density at radius 2 is 2.25 bits per heavy atom. The molecule has 0 amide bonds. The summed E-state index contributed by atoms with van der Waals surface area (Å²) in [7, 11) is 0. The van der Waals surface area contributed by atoms with E-state index in [0.717, 1.165) is 12.1 Å².